The molecule has 0 fully saturated rings. The molecule has 0 bridgehead atoms. The van der Waals surface area contributed by atoms with Gasteiger partial charge in [0.1, 0.15) is 5.82 Å². The number of rotatable bonds is 3. The molecule has 2 aromatic rings. The molecule has 1 N–H and O–H groups in total. The summed E-state index contributed by atoms with van der Waals surface area (Å²) in [5.41, 5.74) is 1.19. The zero-order valence-electron chi connectivity index (χ0n) is 11.4. The van der Waals surface area contributed by atoms with Crippen LogP contribution in [0.15, 0.2) is 24.4 Å². The predicted molar refractivity (Wildman–Crippen MR) is 72.3 cm³/mol. The van der Waals surface area contributed by atoms with Gasteiger partial charge in [0.05, 0.1) is 11.1 Å². The van der Waals surface area contributed by atoms with Crippen LogP contribution in [0.2, 0.25) is 0 Å². The lowest BCUT2D eigenvalue weighted by atomic mass is 9.98. The summed E-state index contributed by atoms with van der Waals surface area (Å²) in [5, 5.41) is 11.0. The quantitative estimate of drug-likeness (QED) is 0.882. The van der Waals surface area contributed by atoms with Crippen molar-refractivity contribution in [1.82, 2.24) is 4.57 Å². The molecule has 0 unspecified atom stereocenters. The van der Waals surface area contributed by atoms with Crippen molar-refractivity contribution in [3.63, 3.8) is 0 Å². The fourth-order valence-electron chi connectivity index (χ4n) is 2.33. The third kappa shape index (κ3) is 2.56. The molecule has 0 aliphatic heterocycles. The van der Waals surface area contributed by atoms with Gasteiger partial charge in [0.25, 0.3) is 0 Å². The minimum Gasteiger partial charge on any atom is -0.390 e. The minimum atomic E-state index is -0.759. The lowest BCUT2D eigenvalue weighted by Crippen LogP contribution is -2.21. The molecular formula is C15H20FNO. The number of aliphatic hydroxyl groups is 1. The zero-order valence-corrected chi connectivity index (χ0v) is 11.4. The van der Waals surface area contributed by atoms with Crippen molar-refractivity contribution < 1.29 is 9.50 Å². The maximum absolute atomic E-state index is 13.4. The molecule has 0 spiro atoms. The lowest BCUT2D eigenvalue weighted by molar-refractivity contribution is 0.0813. The van der Waals surface area contributed by atoms with Crippen LogP contribution < -0.4 is 0 Å². The van der Waals surface area contributed by atoms with Crippen LogP contribution in [0.25, 0.3) is 10.9 Å². The van der Waals surface area contributed by atoms with E-state index in [-0.39, 0.29) is 11.9 Å². The van der Waals surface area contributed by atoms with E-state index < -0.39 is 5.60 Å². The van der Waals surface area contributed by atoms with Gasteiger partial charge in [-0.05, 0) is 51.5 Å². The van der Waals surface area contributed by atoms with E-state index in [4.69, 9.17) is 0 Å². The van der Waals surface area contributed by atoms with E-state index >= 15 is 0 Å². The van der Waals surface area contributed by atoms with Crippen LogP contribution in [0.3, 0.4) is 0 Å². The van der Waals surface area contributed by atoms with Gasteiger partial charge in [-0.2, -0.15) is 0 Å². The van der Waals surface area contributed by atoms with Gasteiger partial charge < -0.3 is 9.67 Å². The molecule has 1 heterocycles. The van der Waals surface area contributed by atoms with Crippen molar-refractivity contribution in [3.8, 4) is 0 Å². The van der Waals surface area contributed by atoms with E-state index in [1.54, 1.807) is 26.0 Å². The molecule has 0 aliphatic rings. The van der Waals surface area contributed by atoms with Gasteiger partial charge in [0.2, 0.25) is 0 Å². The van der Waals surface area contributed by atoms with Gasteiger partial charge in [-0.1, -0.05) is 0 Å². The average molecular weight is 249 g/mol. The molecule has 0 saturated carbocycles. The van der Waals surface area contributed by atoms with Crippen molar-refractivity contribution in [2.24, 2.45) is 0 Å². The molecule has 98 valence electrons. The first-order chi connectivity index (χ1) is 8.28. The second-order valence-corrected chi connectivity index (χ2v) is 5.81. The smallest absolute Gasteiger partial charge is 0.125 e. The van der Waals surface area contributed by atoms with Crippen LogP contribution in [-0.2, 0) is 6.42 Å². The first-order valence-electron chi connectivity index (χ1n) is 6.29. The molecular weight excluding hydrogens is 229 g/mol. The van der Waals surface area contributed by atoms with Crippen LogP contribution in [-0.4, -0.2) is 15.3 Å². The Morgan fingerprint density at radius 2 is 2.00 bits per heavy atom. The number of aromatic nitrogens is 1. The molecule has 0 atom stereocenters. The molecule has 1 aromatic heterocycles. The normalized spacial score (nSPS) is 12.6. The van der Waals surface area contributed by atoms with Crippen molar-refractivity contribution in [2.75, 3.05) is 0 Å². The lowest BCUT2D eigenvalue weighted by Gasteiger charge is -2.16. The molecule has 18 heavy (non-hydrogen) atoms. The van der Waals surface area contributed by atoms with Crippen LogP contribution in [0, 0.1) is 5.82 Å². The van der Waals surface area contributed by atoms with E-state index in [0.717, 1.165) is 16.5 Å². The zero-order chi connectivity index (χ0) is 13.5. The summed E-state index contributed by atoms with van der Waals surface area (Å²) in [6.07, 6.45) is 2.58. The number of benzene rings is 1. The fraction of sp³-hybridized carbons (Fsp3) is 0.467. The summed E-state index contributed by atoms with van der Waals surface area (Å²) in [4.78, 5) is 0. The second-order valence-electron chi connectivity index (χ2n) is 5.81. The van der Waals surface area contributed by atoms with Crippen molar-refractivity contribution >= 4 is 10.9 Å². The van der Waals surface area contributed by atoms with Gasteiger partial charge in [0, 0.05) is 24.0 Å². The summed E-state index contributed by atoms with van der Waals surface area (Å²) in [5.74, 6) is -0.225. The number of fused-ring (bicyclic) bond motifs is 1. The molecule has 0 aliphatic carbocycles. The number of hydrogen-bond donors (Lipinski definition) is 1. The molecule has 2 nitrogen and oxygen atoms in total. The Bertz CT molecular complexity index is 564. The molecule has 0 saturated heterocycles. The molecule has 0 amide bonds. The van der Waals surface area contributed by atoms with Gasteiger partial charge in [-0.3, -0.25) is 0 Å². The molecule has 0 radical (unpaired) electrons. The first-order valence-corrected chi connectivity index (χ1v) is 6.29. The third-order valence-corrected chi connectivity index (χ3v) is 3.06. The Kier molecular flexibility index (Phi) is 3.20. The predicted octanol–water partition coefficient (Wildman–Crippen LogP) is 3.67. The summed E-state index contributed by atoms with van der Waals surface area (Å²) >= 11 is 0. The van der Waals surface area contributed by atoms with E-state index in [2.05, 4.69) is 18.4 Å². The Labute approximate surface area is 107 Å². The largest absolute Gasteiger partial charge is 0.390 e. The third-order valence-electron chi connectivity index (χ3n) is 3.06. The maximum Gasteiger partial charge on any atom is 0.125 e. The van der Waals surface area contributed by atoms with E-state index in [1.165, 1.54) is 6.07 Å². The van der Waals surface area contributed by atoms with Gasteiger partial charge >= 0.3 is 0 Å². The van der Waals surface area contributed by atoms with Crippen molar-refractivity contribution in [3.05, 3.63) is 35.8 Å². The van der Waals surface area contributed by atoms with Gasteiger partial charge in [-0.25, -0.2) is 4.39 Å². The maximum atomic E-state index is 13.4. The molecule has 2 rings (SSSR count). The summed E-state index contributed by atoms with van der Waals surface area (Å²) in [6, 6.07) is 5.10. The number of halogens is 1. The summed E-state index contributed by atoms with van der Waals surface area (Å²) in [7, 11) is 0. The molecule has 1 aromatic carbocycles. The Hall–Kier alpha value is -1.35. The highest BCUT2D eigenvalue weighted by atomic mass is 19.1. The Balaban J connectivity index is 2.61. The summed E-state index contributed by atoms with van der Waals surface area (Å²) < 4.78 is 15.4. The minimum absolute atomic E-state index is 0.225. The van der Waals surface area contributed by atoms with Gasteiger partial charge in [0.15, 0.2) is 0 Å². The van der Waals surface area contributed by atoms with Crippen LogP contribution in [0.4, 0.5) is 4.39 Å². The Morgan fingerprint density at radius 1 is 1.33 bits per heavy atom. The molecule has 3 heteroatoms. The summed E-state index contributed by atoms with van der Waals surface area (Å²) in [6.45, 7) is 7.71. The number of hydrogen-bond acceptors (Lipinski definition) is 1. The first kappa shape index (κ1) is 13.1. The van der Waals surface area contributed by atoms with Gasteiger partial charge in [-0.15, -0.1) is 0 Å². The van der Waals surface area contributed by atoms with Crippen LogP contribution in [0.1, 0.15) is 39.3 Å². The van der Waals surface area contributed by atoms with Crippen molar-refractivity contribution in [2.45, 2.75) is 45.8 Å². The topological polar surface area (TPSA) is 25.2 Å². The standard InChI is InChI=1S/C15H20FNO/c1-10(2)17-9-11(8-15(3,4)18)13-6-5-12(16)7-14(13)17/h5-7,9-10,18H,8H2,1-4H3. The van der Waals surface area contributed by atoms with E-state index in [9.17, 15) is 9.50 Å². The highest BCUT2D eigenvalue weighted by Gasteiger charge is 2.18. The Morgan fingerprint density at radius 3 is 2.56 bits per heavy atom. The highest BCUT2D eigenvalue weighted by Crippen LogP contribution is 2.28. The van der Waals surface area contributed by atoms with E-state index in [1.807, 2.05) is 6.20 Å². The monoisotopic (exact) mass is 249 g/mol. The fourth-order valence-corrected chi connectivity index (χ4v) is 2.33. The van der Waals surface area contributed by atoms with Crippen molar-refractivity contribution in [1.29, 1.82) is 0 Å². The highest BCUT2D eigenvalue weighted by molar-refractivity contribution is 5.84. The van der Waals surface area contributed by atoms with E-state index in [0.29, 0.717) is 6.42 Å². The number of nitrogens with zero attached hydrogens (tertiary/aromatic N) is 1. The SMILES string of the molecule is CC(C)n1cc(CC(C)(C)O)c2ccc(F)cc21. The average Bonchev–Trinajstić information content (AvgIpc) is 2.54. The van der Waals surface area contributed by atoms with Crippen LogP contribution >= 0.6 is 0 Å². The van der Waals surface area contributed by atoms with Crippen LogP contribution in [0.5, 0.6) is 0 Å². The second kappa shape index (κ2) is 4.39.